The van der Waals surface area contributed by atoms with Gasteiger partial charge in [0.15, 0.2) is 5.71 Å². The predicted octanol–water partition coefficient (Wildman–Crippen LogP) is 4.50. The van der Waals surface area contributed by atoms with Gasteiger partial charge in [0.2, 0.25) is 5.91 Å². The molecule has 0 bridgehead atoms. The highest BCUT2D eigenvalue weighted by Crippen LogP contribution is 2.33. The molecular weight excluding hydrogens is 456 g/mol. The minimum atomic E-state index is -1.20. The SMILES string of the molecule is CO/N=C(\C(=O)O)c1csc(/N=C2/CC(c3cccc(Oc4ccccc4)c3)N(C(C)=O)N2)c1. The molecule has 2 N–H and O–H groups in total. The summed E-state index contributed by atoms with van der Waals surface area (Å²) in [4.78, 5) is 32.9. The Balaban J connectivity index is 1.56. The van der Waals surface area contributed by atoms with E-state index < -0.39 is 5.97 Å². The molecule has 4 rings (SSSR count). The van der Waals surface area contributed by atoms with Crippen molar-refractivity contribution < 1.29 is 24.3 Å². The zero-order valence-electron chi connectivity index (χ0n) is 18.5. The van der Waals surface area contributed by atoms with Gasteiger partial charge in [-0.1, -0.05) is 35.5 Å². The Labute approximate surface area is 199 Å². The Morgan fingerprint density at radius 1 is 1.12 bits per heavy atom. The Hall–Kier alpha value is -4.18. The van der Waals surface area contributed by atoms with Gasteiger partial charge in [-0.3, -0.25) is 10.2 Å². The number of oxime groups is 1. The molecule has 0 radical (unpaired) electrons. The summed E-state index contributed by atoms with van der Waals surface area (Å²) in [6.45, 7) is 1.48. The fourth-order valence-corrected chi connectivity index (χ4v) is 4.32. The Bertz CT molecular complexity index is 1260. The largest absolute Gasteiger partial charge is 0.476 e. The van der Waals surface area contributed by atoms with Crippen molar-refractivity contribution in [1.29, 1.82) is 0 Å². The van der Waals surface area contributed by atoms with Gasteiger partial charge in [0, 0.05) is 24.3 Å². The summed E-state index contributed by atoms with van der Waals surface area (Å²) in [5, 5.41) is 16.6. The van der Waals surface area contributed by atoms with Crippen LogP contribution in [-0.2, 0) is 14.4 Å². The number of nitrogens with one attached hydrogen (secondary N) is 1. The average Bonchev–Trinajstić information content (AvgIpc) is 3.46. The summed E-state index contributed by atoms with van der Waals surface area (Å²) in [6.07, 6.45) is 0.458. The number of amidine groups is 1. The van der Waals surface area contributed by atoms with E-state index in [0.717, 1.165) is 11.3 Å². The third-order valence-electron chi connectivity index (χ3n) is 5.00. The summed E-state index contributed by atoms with van der Waals surface area (Å²) in [5.74, 6) is 0.624. The van der Waals surface area contributed by atoms with Crippen molar-refractivity contribution in [2.45, 2.75) is 19.4 Å². The fraction of sp³-hybridized carbons (Fsp3) is 0.167. The number of carbonyl (C=O) groups is 2. The number of para-hydroxylation sites is 1. The lowest BCUT2D eigenvalue weighted by molar-refractivity contribution is -0.132. The first-order chi connectivity index (χ1) is 16.4. The van der Waals surface area contributed by atoms with Crippen molar-refractivity contribution in [3.63, 3.8) is 0 Å². The van der Waals surface area contributed by atoms with Crippen LogP contribution in [0, 0.1) is 0 Å². The van der Waals surface area contributed by atoms with E-state index in [-0.39, 0.29) is 17.7 Å². The minimum absolute atomic E-state index is 0.156. The highest BCUT2D eigenvalue weighted by molar-refractivity contribution is 7.14. The first-order valence-corrected chi connectivity index (χ1v) is 11.2. The topological polar surface area (TPSA) is 113 Å². The third-order valence-corrected chi connectivity index (χ3v) is 5.82. The smallest absolute Gasteiger partial charge is 0.358 e. The number of hydrogen-bond donors (Lipinski definition) is 2. The third kappa shape index (κ3) is 5.24. The van der Waals surface area contributed by atoms with E-state index in [2.05, 4.69) is 20.4 Å². The maximum Gasteiger partial charge on any atom is 0.358 e. The molecule has 2 aromatic carbocycles. The van der Waals surface area contributed by atoms with Crippen molar-refractivity contribution in [2.24, 2.45) is 10.1 Å². The number of carboxylic acid groups (broad SMARTS) is 1. The minimum Gasteiger partial charge on any atom is -0.476 e. The quantitative estimate of drug-likeness (QED) is 0.382. The molecule has 1 amide bonds. The van der Waals surface area contributed by atoms with Gasteiger partial charge in [-0.05, 0) is 35.9 Å². The standard InChI is InChI=1S/C24H22N4O5S/c1-15(29)28-20(16-7-6-10-19(11-16)33-18-8-4-3-5-9-18)13-21(26-28)25-22-12-17(14-34-22)23(24(30)31)27-32-2/h3-12,14,20H,13H2,1-2H3,(H,25,26)(H,30,31)/b27-23-. The number of carboxylic acids is 1. The first kappa shape index (κ1) is 23.0. The van der Waals surface area contributed by atoms with Crippen LogP contribution in [0.25, 0.3) is 0 Å². The zero-order chi connectivity index (χ0) is 24.1. The number of nitrogens with zero attached hydrogens (tertiary/aromatic N) is 3. The van der Waals surface area contributed by atoms with Gasteiger partial charge in [-0.2, -0.15) is 0 Å². The highest BCUT2D eigenvalue weighted by atomic mass is 32.1. The maximum absolute atomic E-state index is 12.3. The molecule has 0 aliphatic carbocycles. The average molecular weight is 479 g/mol. The van der Waals surface area contributed by atoms with Crippen LogP contribution in [0.5, 0.6) is 11.5 Å². The van der Waals surface area contributed by atoms with E-state index in [0.29, 0.717) is 28.6 Å². The van der Waals surface area contributed by atoms with E-state index in [9.17, 15) is 14.7 Å². The molecule has 1 aliphatic rings. The molecule has 1 aromatic heterocycles. The molecule has 1 saturated heterocycles. The monoisotopic (exact) mass is 478 g/mol. The molecule has 0 saturated carbocycles. The van der Waals surface area contributed by atoms with Crippen molar-refractivity contribution >= 4 is 39.8 Å². The number of hydrazine groups is 1. The zero-order valence-corrected chi connectivity index (χ0v) is 19.3. The molecule has 0 spiro atoms. The molecule has 1 aliphatic heterocycles. The molecule has 34 heavy (non-hydrogen) atoms. The van der Waals surface area contributed by atoms with E-state index in [1.54, 1.807) is 11.4 Å². The van der Waals surface area contributed by atoms with Gasteiger partial charge in [0.1, 0.15) is 29.4 Å². The summed E-state index contributed by atoms with van der Waals surface area (Å²) in [5.41, 5.74) is 4.15. The molecule has 1 unspecified atom stereocenters. The molecule has 1 atom stereocenters. The second kappa shape index (κ2) is 10.2. The normalized spacial score (nSPS) is 16.9. The van der Waals surface area contributed by atoms with E-state index in [1.165, 1.54) is 30.4 Å². The van der Waals surface area contributed by atoms with Crippen LogP contribution in [0.2, 0.25) is 0 Å². The second-order valence-corrected chi connectivity index (χ2v) is 8.26. The summed E-state index contributed by atoms with van der Waals surface area (Å²) in [7, 11) is 1.29. The number of benzene rings is 2. The number of rotatable bonds is 7. The number of ether oxygens (including phenoxy) is 1. The second-order valence-electron chi connectivity index (χ2n) is 7.37. The molecule has 10 heteroatoms. The number of aliphatic carboxylic acids is 1. The number of aliphatic imine (C=N–C) groups is 1. The molecular formula is C24H22N4O5S. The molecule has 1 fully saturated rings. The molecule has 9 nitrogen and oxygen atoms in total. The lowest BCUT2D eigenvalue weighted by Crippen LogP contribution is -2.38. The highest BCUT2D eigenvalue weighted by Gasteiger charge is 2.32. The maximum atomic E-state index is 12.3. The van der Waals surface area contributed by atoms with Gasteiger partial charge >= 0.3 is 5.97 Å². The molecule has 3 aromatic rings. The van der Waals surface area contributed by atoms with Crippen LogP contribution < -0.4 is 10.2 Å². The summed E-state index contributed by atoms with van der Waals surface area (Å²) < 4.78 is 5.94. The number of amides is 1. The Morgan fingerprint density at radius 2 is 1.88 bits per heavy atom. The molecule has 2 heterocycles. The van der Waals surface area contributed by atoms with Crippen LogP contribution in [0.4, 0.5) is 5.00 Å². The Morgan fingerprint density at radius 3 is 2.59 bits per heavy atom. The van der Waals surface area contributed by atoms with Gasteiger partial charge < -0.3 is 14.7 Å². The summed E-state index contributed by atoms with van der Waals surface area (Å²) >= 11 is 1.27. The van der Waals surface area contributed by atoms with Crippen LogP contribution >= 0.6 is 11.3 Å². The van der Waals surface area contributed by atoms with Gasteiger partial charge in [-0.15, -0.1) is 11.3 Å². The van der Waals surface area contributed by atoms with Crippen LogP contribution in [0.3, 0.4) is 0 Å². The van der Waals surface area contributed by atoms with E-state index in [1.807, 2.05) is 54.6 Å². The van der Waals surface area contributed by atoms with Crippen LogP contribution in [0.15, 0.2) is 76.2 Å². The Kier molecular flexibility index (Phi) is 6.88. The lowest BCUT2D eigenvalue weighted by Gasteiger charge is -2.22. The van der Waals surface area contributed by atoms with Crippen molar-refractivity contribution in [3.8, 4) is 11.5 Å². The van der Waals surface area contributed by atoms with Crippen molar-refractivity contribution in [3.05, 3.63) is 77.2 Å². The molecule has 174 valence electrons. The summed E-state index contributed by atoms with van der Waals surface area (Å²) in [6, 6.07) is 18.4. The fourth-order valence-electron chi connectivity index (χ4n) is 3.53. The number of thiophene rings is 1. The lowest BCUT2D eigenvalue weighted by atomic mass is 10.0. The van der Waals surface area contributed by atoms with Gasteiger partial charge in [0.25, 0.3) is 0 Å². The van der Waals surface area contributed by atoms with Crippen molar-refractivity contribution in [1.82, 2.24) is 10.4 Å². The van der Waals surface area contributed by atoms with Gasteiger partial charge in [0.05, 0.1) is 6.04 Å². The van der Waals surface area contributed by atoms with Gasteiger partial charge in [-0.25, -0.2) is 14.8 Å². The number of hydrogen-bond acceptors (Lipinski definition) is 7. The number of carbonyl (C=O) groups excluding carboxylic acids is 1. The first-order valence-electron chi connectivity index (χ1n) is 10.3. The predicted molar refractivity (Wildman–Crippen MR) is 129 cm³/mol. The van der Waals surface area contributed by atoms with E-state index in [4.69, 9.17) is 4.74 Å². The van der Waals surface area contributed by atoms with Crippen LogP contribution in [0.1, 0.15) is 30.5 Å². The van der Waals surface area contributed by atoms with E-state index >= 15 is 0 Å². The van der Waals surface area contributed by atoms with Crippen molar-refractivity contribution in [2.75, 3.05) is 7.11 Å². The van der Waals surface area contributed by atoms with Crippen LogP contribution in [-0.4, -0.2) is 40.6 Å².